The van der Waals surface area contributed by atoms with E-state index in [-0.39, 0.29) is 24.2 Å². The van der Waals surface area contributed by atoms with Crippen LogP contribution in [0.5, 0.6) is 5.75 Å². The Kier molecular flexibility index (Phi) is 4.18. The van der Waals surface area contributed by atoms with Crippen LogP contribution in [0, 0.1) is 10.1 Å². The number of nitro groups is 1. The van der Waals surface area contributed by atoms with Gasteiger partial charge in [-0.3, -0.25) is 24.6 Å². The van der Waals surface area contributed by atoms with Gasteiger partial charge in [0.25, 0.3) is 0 Å². The van der Waals surface area contributed by atoms with Crippen molar-refractivity contribution in [1.29, 1.82) is 0 Å². The minimum Gasteiger partial charge on any atom is -0.487 e. The number of amides is 1. The van der Waals surface area contributed by atoms with Crippen molar-refractivity contribution in [2.24, 2.45) is 0 Å². The van der Waals surface area contributed by atoms with Crippen molar-refractivity contribution in [2.75, 3.05) is 13.1 Å². The van der Waals surface area contributed by atoms with E-state index in [1.54, 1.807) is 23.4 Å². The Morgan fingerprint density at radius 3 is 3.04 bits per heavy atom. The molecule has 1 fully saturated rings. The van der Waals surface area contributed by atoms with Crippen molar-refractivity contribution < 1.29 is 14.5 Å². The first-order valence-corrected chi connectivity index (χ1v) is 7.13. The predicted octanol–water partition coefficient (Wildman–Crippen LogP) is 0.866. The topological polar surface area (TPSA) is 103 Å². The predicted molar refractivity (Wildman–Crippen MR) is 78.7 cm³/mol. The molecule has 0 aromatic carbocycles. The average Bonchev–Trinajstić information content (AvgIpc) is 3.18. The Hall–Kier alpha value is -2.97. The van der Waals surface area contributed by atoms with Crippen LogP contribution in [0.4, 0.5) is 5.69 Å². The van der Waals surface area contributed by atoms with E-state index in [1.807, 2.05) is 6.07 Å². The van der Waals surface area contributed by atoms with Gasteiger partial charge in [-0.15, -0.1) is 0 Å². The van der Waals surface area contributed by atoms with Crippen LogP contribution in [-0.4, -0.2) is 49.7 Å². The first kappa shape index (κ1) is 14.9. The van der Waals surface area contributed by atoms with E-state index in [1.165, 1.54) is 10.9 Å². The Balaban J connectivity index is 1.53. The maximum absolute atomic E-state index is 12.2. The summed E-state index contributed by atoms with van der Waals surface area (Å²) in [4.78, 5) is 27.9. The van der Waals surface area contributed by atoms with Crippen LogP contribution in [0.3, 0.4) is 0 Å². The summed E-state index contributed by atoms with van der Waals surface area (Å²) in [5, 5.41) is 14.4. The zero-order valence-corrected chi connectivity index (χ0v) is 12.2. The molecule has 0 spiro atoms. The van der Waals surface area contributed by atoms with Gasteiger partial charge in [0.1, 0.15) is 30.8 Å². The fourth-order valence-electron chi connectivity index (χ4n) is 2.43. The molecular formula is C14H15N5O4. The Labute approximate surface area is 131 Å². The molecular weight excluding hydrogens is 302 g/mol. The highest BCUT2D eigenvalue weighted by molar-refractivity contribution is 5.76. The minimum atomic E-state index is -0.540. The third-order valence-electron chi connectivity index (χ3n) is 3.56. The first-order chi connectivity index (χ1) is 11.1. The number of carbonyl (C=O) groups excluding carboxylic acids is 1. The fourth-order valence-corrected chi connectivity index (χ4v) is 2.43. The highest BCUT2D eigenvalue weighted by atomic mass is 16.6. The van der Waals surface area contributed by atoms with Crippen molar-refractivity contribution in [1.82, 2.24) is 19.7 Å². The van der Waals surface area contributed by atoms with Crippen molar-refractivity contribution in [3.05, 3.63) is 47.0 Å². The smallest absolute Gasteiger partial charge is 0.307 e. The fraction of sp³-hybridized carbons (Fsp3) is 0.357. The van der Waals surface area contributed by atoms with Crippen LogP contribution in [-0.2, 0) is 11.3 Å². The molecule has 1 saturated heterocycles. The molecule has 9 heteroatoms. The van der Waals surface area contributed by atoms with Crippen LogP contribution in [0.15, 0.2) is 36.9 Å². The lowest BCUT2D eigenvalue weighted by atomic mass is 10.3. The molecule has 120 valence electrons. The highest BCUT2D eigenvalue weighted by Gasteiger charge is 2.28. The Morgan fingerprint density at radius 1 is 1.48 bits per heavy atom. The normalized spacial score (nSPS) is 17.2. The van der Waals surface area contributed by atoms with E-state index in [2.05, 4.69) is 10.1 Å². The van der Waals surface area contributed by atoms with Crippen LogP contribution >= 0.6 is 0 Å². The maximum Gasteiger partial charge on any atom is 0.307 e. The van der Waals surface area contributed by atoms with Crippen LogP contribution in [0.1, 0.15) is 6.42 Å². The number of likely N-dealkylation sites (tertiary alicyclic amines) is 1. The van der Waals surface area contributed by atoms with Crippen LogP contribution in [0.25, 0.3) is 0 Å². The molecule has 3 heterocycles. The molecule has 23 heavy (non-hydrogen) atoms. The molecule has 0 bridgehead atoms. The molecule has 2 aromatic rings. The summed E-state index contributed by atoms with van der Waals surface area (Å²) >= 11 is 0. The molecule has 0 N–H and O–H groups in total. The Bertz CT molecular complexity index is 702. The number of pyridine rings is 1. The van der Waals surface area contributed by atoms with Gasteiger partial charge in [-0.1, -0.05) is 0 Å². The SMILES string of the molecule is O=C(Cn1cc([N+](=O)[O-])cn1)N1CC[C@H](Oc2cccnc2)C1. The zero-order chi connectivity index (χ0) is 16.2. The molecule has 1 amide bonds. The van der Waals surface area contributed by atoms with Crippen LogP contribution in [0.2, 0.25) is 0 Å². The second-order valence-electron chi connectivity index (χ2n) is 5.21. The van der Waals surface area contributed by atoms with Gasteiger partial charge in [-0.05, 0) is 12.1 Å². The summed E-state index contributed by atoms with van der Waals surface area (Å²) in [5.74, 6) is 0.537. The summed E-state index contributed by atoms with van der Waals surface area (Å²) in [6.07, 6.45) is 6.34. The second-order valence-corrected chi connectivity index (χ2v) is 5.21. The molecule has 0 unspecified atom stereocenters. The largest absolute Gasteiger partial charge is 0.487 e. The van der Waals surface area contributed by atoms with Gasteiger partial charge in [0.2, 0.25) is 5.91 Å². The Morgan fingerprint density at radius 2 is 2.35 bits per heavy atom. The first-order valence-electron chi connectivity index (χ1n) is 7.13. The molecule has 1 atom stereocenters. The van der Waals surface area contributed by atoms with Crippen molar-refractivity contribution >= 4 is 11.6 Å². The van der Waals surface area contributed by atoms with E-state index in [9.17, 15) is 14.9 Å². The van der Waals surface area contributed by atoms with Gasteiger partial charge in [-0.25, -0.2) is 0 Å². The number of hydrogen-bond acceptors (Lipinski definition) is 6. The number of rotatable bonds is 5. The zero-order valence-electron chi connectivity index (χ0n) is 12.2. The van der Waals surface area contributed by atoms with E-state index in [0.717, 1.165) is 12.6 Å². The second kappa shape index (κ2) is 6.42. The molecule has 1 aliphatic heterocycles. The lowest BCUT2D eigenvalue weighted by molar-refractivity contribution is -0.385. The lowest BCUT2D eigenvalue weighted by Gasteiger charge is -2.17. The summed E-state index contributed by atoms with van der Waals surface area (Å²) in [6.45, 7) is 1.05. The molecule has 9 nitrogen and oxygen atoms in total. The third-order valence-corrected chi connectivity index (χ3v) is 3.56. The minimum absolute atomic E-state index is 0.0204. The summed E-state index contributed by atoms with van der Waals surface area (Å²) in [5.41, 5.74) is -0.128. The molecule has 0 saturated carbocycles. The quantitative estimate of drug-likeness (QED) is 0.598. The number of hydrogen-bond donors (Lipinski definition) is 0. The molecule has 0 radical (unpaired) electrons. The van der Waals surface area contributed by atoms with E-state index >= 15 is 0 Å². The van der Waals surface area contributed by atoms with Gasteiger partial charge < -0.3 is 9.64 Å². The molecule has 2 aromatic heterocycles. The highest BCUT2D eigenvalue weighted by Crippen LogP contribution is 2.18. The van der Waals surface area contributed by atoms with Gasteiger partial charge in [0, 0.05) is 19.2 Å². The van der Waals surface area contributed by atoms with E-state index < -0.39 is 4.92 Å². The number of carbonyl (C=O) groups is 1. The summed E-state index contributed by atoms with van der Waals surface area (Å²) in [6, 6.07) is 3.61. The van der Waals surface area contributed by atoms with E-state index in [4.69, 9.17) is 4.74 Å². The monoisotopic (exact) mass is 317 g/mol. The van der Waals surface area contributed by atoms with Gasteiger partial charge in [0.05, 0.1) is 17.7 Å². The van der Waals surface area contributed by atoms with Gasteiger partial charge in [-0.2, -0.15) is 5.10 Å². The van der Waals surface area contributed by atoms with Crippen molar-refractivity contribution in [2.45, 2.75) is 19.1 Å². The van der Waals surface area contributed by atoms with Crippen LogP contribution < -0.4 is 4.74 Å². The van der Waals surface area contributed by atoms with Crippen molar-refractivity contribution in [3.8, 4) is 5.75 Å². The summed E-state index contributed by atoms with van der Waals surface area (Å²) < 4.78 is 7.05. The molecule has 1 aliphatic rings. The lowest BCUT2D eigenvalue weighted by Crippen LogP contribution is -2.33. The third kappa shape index (κ3) is 3.62. The number of ether oxygens (including phenoxy) is 1. The maximum atomic E-state index is 12.2. The molecule has 3 rings (SSSR count). The number of nitrogens with zero attached hydrogens (tertiary/aromatic N) is 5. The number of aromatic nitrogens is 3. The summed E-state index contributed by atoms with van der Waals surface area (Å²) in [7, 11) is 0. The van der Waals surface area contributed by atoms with Gasteiger partial charge in [0.15, 0.2) is 0 Å². The van der Waals surface area contributed by atoms with E-state index in [0.29, 0.717) is 18.8 Å². The average molecular weight is 317 g/mol. The van der Waals surface area contributed by atoms with Crippen molar-refractivity contribution in [3.63, 3.8) is 0 Å². The molecule has 0 aliphatic carbocycles. The standard InChI is InChI=1S/C14H15N5O4/c20-14(10-18-8-11(6-16-18)19(21)22)17-5-3-13(9-17)23-12-2-1-4-15-7-12/h1-2,4,6-8,13H,3,5,9-10H2/t13-/m0/s1. The van der Waals surface area contributed by atoms with Gasteiger partial charge >= 0.3 is 5.69 Å².